The number of benzene rings is 2. The Kier molecular flexibility index (Phi) is 7.95. The first-order valence-electron chi connectivity index (χ1n) is 11.2. The largest absolute Gasteiger partial charge is 0.491 e. The van der Waals surface area contributed by atoms with Gasteiger partial charge in [0.1, 0.15) is 18.5 Å². The van der Waals surface area contributed by atoms with Crippen molar-refractivity contribution in [3.05, 3.63) is 58.1 Å². The number of hydrogen-bond acceptors (Lipinski definition) is 6. The fraction of sp³-hybridized carbons (Fsp3) is 0.480. The van der Waals surface area contributed by atoms with Gasteiger partial charge in [-0.25, -0.2) is 8.42 Å². The third-order valence-corrected chi connectivity index (χ3v) is 8.57. The van der Waals surface area contributed by atoms with Gasteiger partial charge in [-0.3, -0.25) is 9.69 Å². The standard InChI is InChI=1S/C25H34N2O5S/c1-17-14-18(2)20(4)25(19(17)3)33(30,31)27-12-10-26(11-13-27)15-23(29)16-32-24-8-6-22(7-9-24)21(5)28/h6-9,14,23,29H,10-13,15-16H2,1-5H3/t23-/m0/s1. The van der Waals surface area contributed by atoms with Crippen LogP contribution >= 0.6 is 0 Å². The molecule has 0 saturated carbocycles. The molecule has 0 spiro atoms. The summed E-state index contributed by atoms with van der Waals surface area (Å²) in [7, 11) is -3.58. The maximum absolute atomic E-state index is 13.4. The van der Waals surface area contributed by atoms with Crippen molar-refractivity contribution in [2.75, 3.05) is 39.3 Å². The van der Waals surface area contributed by atoms with Crippen molar-refractivity contribution in [3.8, 4) is 5.75 Å². The van der Waals surface area contributed by atoms with E-state index in [4.69, 9.17) is 4.74 Å². The molecule has 180 valence electrons. The molecule has 1 N–H and O–H groups in total. The van der Waals surface area contributed by atoms with Crippen LogP contribution in [0.25, 0.3) is 0 Å². The van der Waals surface area contributed by atoms with Crippen LogP contribution in [-0.2, 0) is 10.0 Å². The summed E-state index contributed by atoms with van der Waals surface area (Å²) in [6.07, 6.45) is -0.704. The average Bonchev–Trinajstić information content (AvgIpc) is 2.77. The highest BCUT2D eigenvalue weighted by molar-refractivity contribution is 7.89. The van der Waals surface area contributed by atoms with Crippen molar-refractivity contribution in [2.24, 2.45) is 0 Å². The van der Waals surface area contributed by atoms with Gasteiger partial charge in [0.15, 0.2) is 5.78 Å². The number of hydrogen-bond donors (Lipinski definition) is 1. The van der Waals surface area contributed by atoms with Gasteiger partial charge in [0.05, 0.1) is 4.90 Å². The summed E-state index contributed by atoms with van der Waals surface area (Å²) in [6.45, 7) is 11.5. The zero-order chi connectivity index (χ0) is 24.3. The van der Waals surface area contributed by atoms with Crippen LogP contribution in [0.3, 0.4) is 0 Å². The Morgan fingerprint density at radius 1 is 1.00 bits per heavy atom. The fourth-order valence-electron chi connectivity index (χ4n) is 4.18. The van der Waals surface area contributed by atoms with E-state index >= 15 is 0 Å². The molecule has 1 atom stereocenters. The number of ketones is 1. The number of aliphatic hydroxyl groups is 1. The van der Waals surface area contributed by atoms with E-state index in [9.17, 15) is 18.3 Å². The maximum atomic E-state index is 13.4. The average molecular weight is 475 g/mol. The molecule has 1 aliphatic heterocycles. The third-order valence-electron chi connectivity index (χ3n) is 6.40. The number of piperazine rings is 1. The van der Waals surface area contributed by atoms with E-state index < -0.39 is 16.1 Å². The minimum atomic E-state index is -3.58. The van der Waals surface area contributed by atoms with Crippen LogP contribution in [0.1, 0.15) is 39.5 Å². The van der Waals surface area contributed by atoms with Crippen LogP contribution < -0.4 is 4.74 Å². The second-order valence-corrected chi connectivity index (χ2v) is 10.7. The lowest BCUT2D eigenvalue weighted by Gasteiger charge is -2.35. The highest BCUT2D eigenvalue weighted by Crippen LogP contribution is 2.29. The Labute approximate surface area is 197 Å². The van der Waals surface area contributed by atoms with Crippen molar-refractivity contribution in [1.82, 2.24) is 9.21 Å². The lowest BCUT2D eigenvalue weighted by molar-refractivity contribution is 0.0569. The molecular formula is C25H34N2O5S. The SMILES string of the molecule is CC(=O)c1ccc(OC[C@@H](O)CN2CCN(S(=O)(=O)c3c(C)c(C)cc(C)c3C)CC2)cc1. The van der Waals surface area contributed by atoms with Gasteiger partial charge in [0, 0.05) is 38.3 Å². The van der Waals surface area contributed by atoms with E-state index in [1.807, 2.05) is 33.8 Å². The van der Waals surface area contributed by atoms with Gasteiger partial charge < -0.3 is 9.84 Å². The van der Waals surface area contributed by atoms with Gasteiger partial charge in [0.25, 0.3) is 0 Å². The topological polar surface area (TPSA) is 87.2 Å². The molecule has 2 aromatic carbocycles. The number of Topliss-reactive ketones (excluding diaryl/α,β-unsaturated/α-hetero) is 1. The van der Waals surface area contributed by atoms with E-state index in [0.717, 1.165) is 22.3 Å². The molecule has 2 aromatic rings. The normalized spacial score (nSPS) is 16.5. The Bertz CT molecular complexity index is 1080. The smallest absolute Gasteiger partial charge is 0.243 e. The first-order chi connectivity index (χ1) is 15.5. The number of ether oxygens (including phenoxy) is 1. The second kappa shape index (κ2) is 10.3. The van der Waals surface area contributed by atoms with Gasteiger partial charge in [0.2, 0.25) is 10.0 Å². The molecular weight excluding hydrogens is 440 g/mol. The van der Waals surface area contributed by atoms with E-state index in [1.54, 1.807) is 28.6 Å². The van der Waals surface area contributed by atoms with Crippen LogP contribution in [0.15, 0.2) is 35.2 Å². The molecule has 33 heavy (non-hydrogen) atoms. The summed E-state index contributed by atoms with van der Waals surface area (Å²) in [5.41, 5.74) is 4.19. The Morgan fingerprint density at radius 3 is 2.06 bits per heavy atom. The van der Waals surface area contributed by atoms with Gasteiger partial charge >= 0.3 is 0 Å². The summed E-state index contributed by atoms with van der Waals surface area (Å²) in [4.78, 5) is 13.8. The molecule has 7 nitrogen and oxygen atoms in total. The van der Waals surface area contributed by atoms with E-state index in [2.05, 4.69) is 4.90 Å². The molecule has 3 rings (SSSR count). The molecule has 1 fully saturated rings. The number of β-amino-alcohol motifs (C(OH)–C–C–N with tert-alkyl or cyclic N) is 1. The minimum absolute atomic E-state index is 0.00871. The van der Waals surface area contributed by atoms with Gasteiger partial charge in [-0.15, -0.1) is 0 Å². The van der Waals surface area contributed by atoms with Crippen LogP contribution in [0.5, 0.6) is 5.75 Å². The van der Waals surface area contributed by atoms with Crippen LogP contribution in [-0.4, -0.2) is 73.9 Å². The molecule has 0 unspecified atom stereocenters. The molecule has 0 bridgehead atoms. The number of aliphatic hydroxyl groups excluding tert-OH is 1. The van der Waals surface area contributed by atoms with Crippen molar-refractivity contribution in [1.29, 1.82) is 0 Å². The molecule has 0 aliphatic carbocycles. The van der Waals surface area contributed by atoms with Gasteiger partial charge in [-0.2, -0.15) is 4.31 Å². The molecule has 0 amide bonds. The monoisotopic (exact) mass is 474 g/mol. The zero-order valence-electron chi connectivity index (χ0n) is 20.1. The van der Waals surface area contributed by atoms with Crippen molar-refractivity contribution < 1.29 is 23.1 Å². The first-order valence-corrected chi connectivity index (χ1v) is 12.7. The summed E-state index contributed by atoms with van der Waals surface area (Å²) in [6, 6.07) is 8.85. The molecule has 1 aliphatic rings. The van der Waals surface area contributed by atoms with Gasteiger partial charge in [-0.1, -0.05) is 6.07 Å². The quantitative estimate of drug-likeness (QED) is 0.592. The van der Waals surface area contributed by atoms with Gasteiger partial charge in [-0.05, 0) is 81.1 Å². The van der Waals surface area contributed by atoms with E-state index in [-0.39, 0.29) is 12.4 Å². The predicted octanol–water partition coefficient (Wildman–Crippen LogP) is 2.87. The number of carbonyl (C=O) groups excluding carboxylic acids is 1. The van der Waals surface area contributed by atoms with Crippen LogP contribution in [0, 0.1) is 27.7 Å². The maximum Gasteiger partial charge on any atom is 0.243 e. The lowest BCUT2D eigenvalue weighted by Crippen LogP contribution is -2.51. The molecule has 8 heteroatoms. The number of rotatable bonds is 8. The van der Waals surface area contributed by atoms with Crippen molar-refractivity contribution in [3.63, 3.8) is 0 Å². The van der Waals surface area contributed by atoms with E-state index in [0.29, 0.717) is 48.9 Å². The number of carbonyl (C=O) groups is 1. The zero-order valence-corrected chi connectivity index (χ0v) is 20.9. The Hall–Kier alpha value is -2.26. The molecule has 1 heterocycles. The summed E-state index contributed by atoms with van der Waals surface area (Å²) in [5, 5.41) is 10.4. The highest BCUT2D eigenvalue weighted by Gasteiger charge is 2.32. The predicted molar refractivity (Wildman–Crippen MR) is 129 cm³/mol. The van der Waals surface area contributed by atoms with E-state index in [1.165, 1.54) is 6.92 Å². The van der Waals surface area contributed by atoms with Crippen LogP contribution in [0.2, 0.25) is 0 Å². The lowest BCUT2D eigenvalue weighted by atomic mass is 10.0. The summed E-state index contributed by atoms with van der Waals surface area (Å²) in [5.74, 6) is 0.583. The third kappa shape index (κ3) is 5.81. The molecule has 0 radical (unpaired) electrons. The van der Waals surface area contributed by atoms with Crippen molar-refractivity contribution >= 4 is 15.8 Å². The minimum Gasteiger partial charge on any atom is -0.491 e. The number of nitrogens with zero attached hydrogens (tertiary/aromatic N) is 2. The highest BCUT2D eigenvalue weighted by atomic mass is 32.2. The molecule has 0 aromatic heterocycles. The second-order valence-electron chi connectivity index (χ2n) is 8.84. The first kappa shape index (κ1) is 25.4. The Balaban J connectivity index is 1.55. The summed E-state index contributed by atoms with van der Waals surface area (Å²) >= 11 is 0. The fourth-order valence-corrected chi connectivity index (χ4v) is 6.18. The van der Waals surface area contributed by atoms with Crippen molar-refractivity contribution in [2.45, 2.75) is 45.6 Å². The molecule has 1 saturated heterocycles. The number of aryl methyl sites for hydroxylation is 2. The number of sulfonamides is 1. The summed E-state index contributed by atoms with van der Waals surface area (Å²) < 4.78 is 34.0. The van der Waals surface area contributed by atoms with Crippen LogP contribution in [0.4, 0.5) is 0 Å². The Morgan fingerprint density at radius 2 is 1.55 bits per heavy atom.